The second-order valence-electron chi connectivity index (χ2n) is 6.45. The van der Waals surface area contributed by atoms with Gasteiger partial charge in [0.05, 0.1) is 6.61 Å². The molecule has 0 saturated heterocycles. The molecule has 0 radical (unpaired) electrons. The highest BCUT2D eigenvalue weighted by Gasteiger charge is 2.11. The molecule has 1 N–H and O–H groups in total. The number of nitrogens with one attached hydrogen (secondary N) is 1. The van der Waals surface area contributed by atoms with Gasteiger partial charge in [-0.15, -0.1) is 0 Å². The van der Waals surface area contributed by atoms with E-state index in [1.165, 1.54) is 5.56 Å². The number of rotatable bonds is 9. The lowest BCUT2D eigenvalue weighted by Crippen LogP contribution is -2.36. The van der Waals surface area contributed by atoms with E-state index in [-0.39, 0.29) is 0 Å². The Bertz CT molecular complexity index is 659. The van der Waals surface area contributed by atoms with E-state index >= 15 is 0 Å². The molecule has 26 heavy (non-hydrogen) atoms. The first-order chi connectivity index (χ1) is 12.6. The van der Waals surface area contributed by atoms with Gasteiger partial charge < -0.3 is 19.9 Å². The minimum atomic E-state index is 0.669. The molecule has 0 amide bonds. The Balaban J connectivity index is 2.00. The van der Waals surface area contributed by atoms with Crippen LogP contribution in [0.4, 0.5) is 5.69 Å². The highest BCUT2D eigenvalue weighted by molar-refractivity contribution is 7.80. The Hall–Kier alpha value is -2.11. The molecule has 2 aromatic carbocycles. The average molecular weight is 372 g/mol. The molecule has 0 atom stereocenters. The molecule has 5 heteroatoms. The maximum absolute atomic E-state index is 5.69. The predicted octanol–water partition coefficient (Wildman–Crippen LogP) is 4.24. The van der Waals surface area contributed by atoms with Crippen LogP contribution >= 0.6 is 12.2 Å². The molecule has 0 unspecified atom stereocenters. The van der Waals surface area contributed by atoms with Gasteiger partial charge in [0, 0.05) is 18.8 Å². The van der Waals surface area contributed by atoms with Gasteiger partial charge in [-0.05, 0) is 76.0 Å². The molecule has 0 saturated carbocycles. The van der Waals surface area contributed by atoms with Crippen molar-refractivity contribution in [1.82, 2.24) is 9.80 Å². The minimum absolute atomic E-state index is 0.669. The van der Waals surface area contributed by atoms with Gasteiger partial charge in [-0.25, -0.2) is 0 Å². The molecule has 0 heterocycles. The van der Waals surface area contributed by atoms with Gasteiger partial charge in [0.15, 0.2) is 5.11 Å². The smallest absolute Gasteiger partial charge is 0.173 e. The van der Waals surface area contributed by atoms with Crippen molar-refractivity contribution in [3.8, 4) is 5.75 Å². The monoisotopic (exact) mass is 371 g/mol. The van der Waals surface area contributed by atoms with Crippen molar-refractivity contribution < 1.29 is 4.74 Å². The highest BCUT2D eigenvalue weighted by atomic mass is 32.1. The SMILES string of the molecule is CCOc1ccc(NC(=S)N(CCCN(C)C)Cc2ccccc2)cc1. The lowest BCUT2D eigenvalue weighted by atomic mass is 10.2. The van der Waals surface area contributed by atoms with E-state index in [4.69, 9.17) is 17.0 Å². The standard InChI is InChI=1S/C21H29N3OS/c1-4-25-20-13-11-19(12-14-20)22-21(26)24(16-8-15-23(2)3)17-18-9-6-5-7-10-18/h5-7,9-14H,4,8,15-17H2,1-3H3,(H,22,26). The maximum atomic E-state index is 5.69. The molecule has 0 aliphatic carbocycles. The van der Waals surface area contributed by atoms with Crippen molar-refractivity contribution in [1.29, 1.82) is 0 Å². The number of thiocarbonyl (C=S) groups is 1. The second-order valence-corrected chi connectivity index (χ2v) is 6.84. The zero-order chi connectivity index (χ0) is 18.8. The van der Waals surface area contributed by atoms with E-state index in [0.717, 1.165) is 42.6 Å². The summed E-state index contributed by atoms with van der Waals surface area (Å²) in [4.78, 5) is 4.42. The molecule has 0 bridgehead atoms. The Kier molecular flexibility index (Phi) is 8.38. The third-order valence-corrected chi connectivity index (χ3v) is 4.31. The fourth-order valence-electron chi connectivity index (χ4n) is 2.64. The van der Waals surface area contributed by atoms with Crippen molar-refractivity contribution in [2.24, 2.45) is 0 Å². The van der Waals surface area contributed by atoms with E-state index in [0.29, 0.717) is 6.61 Å². The summed E-state index contributed by atoms with van der Waals surface area (Å²) in [5.74, 6) is 0.871. The van der Waals surface area contributed by atoms with Crippen LogP contribution in [0, 0.1) is 0 Å². The number of hydrogen-bond acceptors (Lipinski definition) is 3. The van der Waals surface area contributed by atoms with Gasteiger partial charge in [-0.2, -0.15) is 0 Å². The molecule has 0 aliphatic rings. The summed E-state index contributed by atoms with van der Waals surface area (Å²) >= 11 is 5.69. The van der Waals surface area contributed by atoms with Crippen LogP contribution < -0.4 is 10.1 Å². The van der Waals surface area contributed by atoms with Crippen LogP contribution in [0.3, 0.4) is 0 Å². The van der Waals surface area contributed by atoms with Crippen LogP contribution in [-0.4, -0.2) is 48.7 Å². The summed E-state index contributed by atoms with van der Waals surface area (Å²) < 4.78 is 5.49. The van der Waals surface area contributed by atoms with E-state index < -0.39 is 0 Å². The molecule has 0 spiro atoms. The lowest BCUT2D eigenvalue weighted by Gasteiger charge is -2.27. The Morgan fingerprint density at radius 3 is 2.31 bits per heavy atom. The summed E-state index contributed by atoms with van der Waals surface area (Å²) in [6.07, 6.45) is 1.06. The van der Waals surface area contributed by atoms with Gasteiger partial charge in [0.25, 0.3) is 0 Å². The molecular weight excluding hydrogens is 342 g/mol. The Labute approximate surface area is 162 Å². The first-order valence-electron chi connectivity index (χ1n) is 9.06. The summed E-state index contributed by atoms with van der Waals surface area (Å²) in [6, 6.07) is 18.4. The summed E-state index contributed by atoms with van der Waals surface area (Å²) in [5, 5.41) is 4.10. The number of anilines is 1. The lowest BCUT2D eigenvalue weighted by molar-refractivity contribution is 0.340. The quantitative estimate of drug-likeness (QED) is 0.666. The molecule has 0 fully saturated rings. The predicted molar refractivity (Wildman–Crippen MR) is 114 cm³/mol. The zero-order valence-corrected chi connectivity index (χ0v) is 16.8. The van der Waals surface area contributed by atoms with Gasteiger partial charge in [0.1, 0.15) is 5.75 Å². The molecule has 2 aromatic rings. The van der Waals surface area contributed by atoms with E-state index in [9.17, 15) is 0 Å². The maximum Gasteiger partial charge on any atom is 0.173 e. The number of benzene rings is 2. The van der Waals surface area contributed by atoms with Gasteiger partial charge in [-0.3, -0.25) is 0 Å². The topological polar surface area (TPSA) is 27.7 Å². The van der Waals surface area contributed by atoms with Crippen molar-refractivity contribution in [3.63, 3.8) is 0 Å². The molecule has 0 aromatic heterocycles. The fourth-order valence-corrected chi connectivity index (χ4v) is 2.91. The van der Waals surface area contributed by atoms with Crippen LogP contribution in [0.1, 0.15) is 18.9 Å². The van der Waals surface area contributed by atoms with Crippen LogP contribution in [-0.2, 0) is 6.54 Å². The largest absolute Gasteiger partial charge is 0.494 e. The molecule has 4 nitrogen and oxygen atoms in total. The first kappa shape index (κ1) is 20.2. The van der Waals surface area contributed by atoms with Crippen molar-refractivity contribution in [3.05, 3.63) is 60.2 Å². The van der Waals surface area contributed by atoms with Crippen molar-refractivity contribution >= 4 is 23.0 Å². The molecule has 0 aliphatic heterocycles. The summed E-state index contributed by atoms with van der Waals surface area (Å²) in [7, 11) is 4.19. The summed E-state index contributed by atoms with van der Waals surface area (Å²) in [6.45, 7) is 5.41. The van der Waals surface area contributed by atoms with Crippen LogP contribution in [0.5, 0.6) is 5.75 Å². The first-order valence-corrected chi connectivity index (χ1v) is 9.46. The highest BCUT2D eigenvalue weighted by Crippen LogP contribution is 2.17. The minimum Gasteiger partial charge on any atom is -0.494 e. The second kappa shape index (κ2) is 10.8. The van der Waals surface area contributed by atoms with E-state index in [1.54, 1.807) is 0 Å². The molecule has 2 rings (SSSR count). The van der Waals surface area contributed by atoms with Crippen molar-refractivity contribution in [2.75, 3.05) is 39.1 Å². The van der Waals surface area contributed by atoms with Gasteiger partial charge in [-0.1, -0.05) is 30.3 Å². The third-order valence-electron chi connectivity index (χ3n) is 3.95. The third kappa shape index (κ3) is 7.02. The number of hydrogen-bond donors (Lipinski definition) is 1. The fraction of sp³-hybridized carbons (Fsp3) is 0.381. The van der Waals surface area contributed by atoms with Gasteiger partial charge >= 0.3 is 0 Å². The van der Waals surface area contributed by atoms with E-state index in [2.05, 4.69) is 53.5 Å². The van der Waals surface area contributed by atoms with Crippen molar-refractivity contribution in [2.45, 2.75) is 19.9 Å². The zero-order valence-electron chi connectivity index (χ0n) is 15.9. The Morgan fingerprint density at radius 2 is 1.69 bits per heavy atom. The summed E-state index contributed by atoms with van der Waals surface area (Å²) in [5.41, 5.74) is 2.23. The van der Waals surface area contributed by atoms with E-state index in [1.807, 2.05) is 37.3 Å². The van der Waals surface area contributed by atoms with Crippen LogP contribution in [0.2, 0.25) is 0 Å². The van der Waals surface area contributed by atoms with Gasteiger partial charge in [0.2, 0.25) is 0 Å². The average Bonchev–Trinajstić information content (AvgIpc) is 2.63. The molecular formula is C21H29N3OS. The number of nitrogens with zero attached hydrogens (tertiary/aromatic N) is 2. The molecule has 140 valence electrons. The normalized spacial score (nSPS) is 10.6. The van der Waals surface area contributed by atoms with Crippen LogP contribution in [0.25, 0.3) is 0 Å². The number of ether oxygens (including phenoxy) is 1. The van der Waals surface area contributed by atoms with Crippen LogP contribution in [0.15, 0.2) is 54.6 Å². The Morgan fingerprint density at radius 1 is 1.00 bits per heavy atom.